The Labute approximate surface area is 176 Å². The highest BCUT2D eigenvalue weighted by Gasteiger charge is 2.53. The van der Waals surface area contributed by atoms with Crippen LogP contribution in [0.5, 0.6) is 0 Å². The molecule has 1 fully saturated rings. The smallest absolute Gasteiger partial charge is 0.241 e. The fourth-order valence-electron chi connectivity index (χ4n) is 6.29. The molecule has 0 saturated heterocycles. The maximum atomic E-state index is 11.4. The quantitative estimate of drug-likeness (QED) is 0.393. The van der Waals surface area contributed by atoms with E-state index in [1.54, 1.807) is 11.1 Å². The van der Waals surface area contributed by atoms with Crippen LogP contribution in [-0.2, 0) is 4.43 Å². The van der Waals surface area contributed by atoms with Crippen LogP contribution in [0.25, 0.3) is 0 Å². The zero-order valence-electron chi connectivity index (χ0n) is 19.9. The van der Waals surface area contributed by atoms with E-state index >= 15 is 0 Å². The van der Waals surface area contributed by atoms with Crippen LogP contribution in [0.1, 0.15) is 52.9 Å². The number of hydrogen-bond acceptors (Lipinski definition) is 2. The van der Waals surface area contributed by atoms with Crippen LogP contribution in [0.15, 0.2) is 23.0 Å². The SMILES string of the molecule is CC(C)C1=C2[C@H]3[C@@H](CC[C@@]2(C)CC1)[C@@H](O)CC(O[Si](C)(C)C)=C[C@H]3[Si](C)(C)C. The summed E-state index contributed by atoms with van der Waals surface area (Å²) in [5.41, 5.74) is 4.39. The van der Waals surface area contributed by atoms with Crippen molar-refractivity contribution in [1.82, 2.24) is 0 Å². The van der Waals surface area contributed by atoms with Gasteiger partial charge in [0.1, 0.15) is 0 Å². The first-order chi connectivity index (χ1) is 12.7. The zero-order valence-corrected chi connectivity index (χ0v) is 21.9. The van der Waals surface area contributed by atoms with Crippen LogP contribution in [-0.4, -0.2) is 27.6 Å². The molecule has 28 heavy (non-hydrogen) atoms. The van der Waals surface area contributed by atoms with Gasteiger partial charge in [0.25, 0.3) is 0 Å². The van der Waals surface area contributed by atoms with Crippen molar-refractivity contribution < 1.29 is 9.53 Å². The van der Waals surface area contributed by atoms with Crippen molar-refractivity contribution in [1.29, 1.82) is 0 Å². The van der Waals surface area contributed by atoms with Crippen LogP contribution < -0.4 is 0 Å². The fourth-order valence-corrected chi connectivity index (χ4v) is 9.40. The molecule has 0 aromatic carbocycles. The third-order valence-corrected chi connectivity index (χ3v) is 11.0. The van der Waals surface area contributed by atoms with Crippen molar-refractivity contribution in [3.05, 3.63) is 23.0 Å². The Morgan fingerprint density at radius 1 is 1.11 bits per heavy atom. The molecule has 4 heteroatoms. The van der Waals surface area contributed by atoms with Crippen LogP contribution in [0.4, 0.5) is 0 Å². The van der Waals surface area contributed by atoms with Crippen LogP contribution in [0.3, 0.4) is 0 Å². The van der Waals surface area contributed by atoms with Gasteiger partial charge in [-0.05, 0) is 80.1 Å². The van der Waals surface area contributed by atoms with Crippen LogP contribution in [0, 0.1) is 23.2 Å². The van der Waals surface area contributed by atoms with Gasteiger partial charge in [-0.2, -0.15) is 0 Å². The number of allylic oxidation sites excluding steroid dienone is 3. The van der Waals surface area contributed by atoms with E-state index in [9.17, 15) is 5.11 Å². The standard InChI is InChI=1S/C24H44O2Si2/c1-16(2)18-10-12-24(3)13-11-19-20(25)14-17(26-28(7,8)9)15-21(27(4,5)6)22(19)23(18)24/h15-16,19-22,25H,10-14H2,1-9H3/t19-,20-,21+,22-,24+/m0/s1. The summed E-state index contributed by atoms with van der Waals surface area (Å²) >= 11 is 0. The lowest BCUT2D eigenvalue weighted by atomic mass is 9.61. The summed E-state index contributed by atoms with van der Waals surface area (Å²) in [5.74, 6) is 2.63. The molecule has 0 amide bonds. The molecule has 0 heterocycles. The topological polar surface area (TPSA) is 29.5 Å². The van der Waals surface area contributed by atoms with Gasteiger partial charge in [0.2, 0.25) is 8.32 Å². The van der Waals surface area contributed by atoms with Gasteiger partial charge in [0.15, 0.2) is 0 Å². The molecule has 3 aliphatic carbocycles. The third-order valence-electron chi connectivity index (χ3n) is 7.56. The minimum atomic E-state index is -1.68. The predicted octanol–water partition coefficient (Wildman–Crippen LogP) is 6.97. The van der Waals surface area contributed by atoms with E-state index < -0.39 is 16.4 Å². The van der Waals surface area contributed by atoms with Crippen molar-refractivity contribution in [2.24, 2.45) is 23.2 Å². The molecule has 0 radical (unpaired) electrons. The Balaban J connectivity index is 2.15. The predicted molar refractivity (Wildman–Crippen MR) is 126 cm³/mol. The first-order valence-corrected chi connectivity index (χ1v) is 18.5. The number of fused-ring (bicyclic) bond motifs is 3. The summed E-state index contributed by atoms with van der Waals surface area (Å²) in [5, 5.41) is 11.4. The van der Waals surface area contributed by atoms with E-state index in [2.05, 4.69) is 66.1 Å². The first kappa shape index (κ1) is 22.4. The number of aliphatic hydroxyl groups is 1. The molecule has 3 rings (SSSR count). The molecular formula is C24H44O2Si2. The second-order valence-corrected chi connectivity index (χ2v) is 22.2. The molecule has 3 aliphatic rings. The average molecular weight is 421 g/mol. The van der Waals surface area contributed by atoms with Gasteiger partial charge in [-0.15, -0.1) is 0 Å². The molecule has 0 aromatic heterocycles. The minimum absolute atomic E-state index is 0.264. The lowest BCUT2D eigenvalue weighted by molar-refractivity contribution is 0.0440. The van der Waals surface area contributed by atoms with Crippen molar-refractivity contribution in [2.75, 3.05) is 0 Å². The van der Waals surface area contributed by atoms with Crippen molar-refractivity contribution in [3.8, 4) is 0 Å². The number of hydrogen-bond donors (Lipinski definition) is 1. The maximum Gasteiger partial charge on any atom is 0.241 e. The Morgan fingerprint density at radius 3 is 2.29 bits per heavy atom. The molecule has 0 aromatic rings. The molecular weight excluding hydrogens is 376 g/mol. The summed E-state index contributed by atoms with van der Waals surface area (Å²) < 4.78 is 6.52. The maximum absolute atomic E-state index is 11.4. The summed E-state index contributed by atoms with van der Waals surface area (Å²) in [6, 6.07) is 0. The second kappa shape index (κ2) is 7.42. The highest BCUT2D eigenvalue weighted by atomic mass is 28.4. The van der Waals surface area contributed by atoms with E-state index in [0.29, 0.717) is 35.1 Å². The molecule has 1 saturated carbocycles. The fraction of sp³-hybridized carbons (Fsp3) is 0.833. The Hall–Kier alpha value is -0.326. The molecule has 0 aliphatic heterocycles. The number of aliphatic hydroxyl groups excluding tert-OH is 1. The highest BCUT2D eigenvalue weighted by molar-refractivity contribution is 6.78. The largest absolute Gasteiger partial charge is 0.547 e. The van der Waals surface area contributed by atoms with Gasteiger partial charge in [-0.1, -0.05) is 51.6 Å². The van der Waals surface area contributed by atoms with E-state index in [1.807, 2.05) is 0 Å². The zero-order chi connectivity index (χ0) is 21.1. The van der Waals surface area contributed by atoms with Gasteiger partial charge in [-0.3, -0.25) is 0 Å². The van der Waals surface area contributed by atoms with E-state index in [1.165, 1.54) is 25.7 Å². The second-order valence-electron chi connectivity index (χ2n) is 12.4. The summed E-state index contributed by atoms with van der Waals surface area (Å²) in [6.45, 7) is 21.6. The lowest BCUT2D eigenvalue weighted by Gasteiger charge is -2.49. The lowest BCUT2D eigenvalue weighted by Crippen LogP contribution is -2.44. The van der Waals surface area contributed by atoms with Crippen LogP contribution >= 0.6 is 0 Å². The minimum Gasteiger partial charge on any atom is -0.547 e. The summed E-state index contributed by atoms with van der Waals surface area (Å²) in [6.07, 6.45) is 7.96. The van der Waals surface area contributed by atoms with Gasteiger partial charge >= 0.3 is 0 Å². The monoisotopic (exact) mass is 420 g/mol. The third kappa shape index (κ3) is 4.25. The van der Waals surface area contributed by atoms with Crippen molar-refractivity contribution in [3.63, 3.8) is 0 Å². The Morgan fingerprint density at radius 2 is 1.75 bits per heavy atom. The van der Waals surface area contributed by atoms with Gasteiger partial charge in [0.05, 0.1) is 19.9 Å². The van der Waals surface area contributed by atoms with Gasteiger partial charge in [-0.25, -0.2) is 0 Å². The molecule has 160 valence electrons. The summed E-state index contributed by atoms with van der Waals surface area (Å²) in [7, 11) is -3.17. The first-order valence-electron chi connectivity index (χ1n) is 11.5. The van der Waals surface area contributed by atoms with Gasteiger partial charge in [0, 0.05) is 6.42 Å². The normalized spacial score (nSPS) is 36.8. The molecule has 1 N–H and O–H groups in total. The van der Waals surface area contributed by atoms with Crippen molar-refractivity contribution >= 4 is 16.4 Å². The average Bonchev–Trinajstić information content (AvgIpc) is 2.79. The molecule has 0 spiro atoms. The van der Waals surface area contributed by atoms with Gasteiger partial charge < -0.3 is 9.53 Å². The summed E-state index contributed by atoms with van der Waals surface area (Å²) in [4.78, 5) is 0. The highest BCUT2D eigenvalue weighted by Crippen LogP contribution is 2.62. The Kier molecular flexibility index (Phi) is 5.93. The van der Waals surface area contributed by atoms with E-state index in [0.717, 1.165) is 5.76 Å². The molecule has 0 unspecified atom stereocenters. The Bertz CT molecular complexity index is 665. The molecule has 0 bridgehead atoms. The van der Waals surface area contributed by atoms with E-state index in [-0.39, 0.29) is 6.10 Å². The number of rotatable bonds is 4. The van der Waals surface area contributed by atoms with E-state index in [4.69, 9.17) is 4.43 Å². The molecule has 2 nitrogen and oxygen atoms in total. The van der Waals surface area contributed by atoms with Crippen LogP contribution in [0.2, 0.25) is 44.8 Å². The van der Waals surface area contributed by atoms with Crippen molar-refractivity contribution in [2.45, 2.75) is 104 Å². The molecule has 5 atom stereocenters.